The quantitative estimate of drug-likeness (QED) is 0.125. The van der Waals surface area contributed by atoms with Crippen molar-refractivity contribution < 1.29 is 33.3 Å². The molecular weight excluding hydrogens is 787 g/mol. The van der Waals surface area contributed by atoms with Gasteiger partial charge in [-0.15, -0.1) is 0 Å². The van der Waals surface area contributed by atoms with Crippen molar-refractivity contribution in [1.82, 2.24) is 9.80 Å². The highest BCUT2D eigenvalue weighted by molar-refractivity contribution is 8.76. The van der Waals surface area contributed by atoms with E-state index in [1.807, 2.05) is 60.5 Å². The van der Waals surface area contributed by atoms with Gasteiger partial charge in [0.05, 0.1) is 48.8 Å². The standard InChI is InChI=1S/C45H51N5O7S2/c1-8-27-15-32-21-46-36-19-40(38(54-5)17-34(36)43(52)49(32)23-27)56-25-29-12-30(14-31(13-29)48-42(51)10-11-45(3,4)59-58-7)26-57-41-20-37-35(18-39(41)55-6)44(53)50-24-28(9-2)16-33(50)22-47-37/h8-9,12-14,17-22,32-33H,10-11,15-16,23-26H2,1-7H3,(H,48,51)/b27-8+,28-9+/t32-,33-/m0/s1. The number of methoxy groups -OCH3 is 2. The van der Waals surface area contributed by atoms with E-state index in [0.717, 1.165) is 24.0 Å². The van der Waals surface area contributed by atoms with Crippen molar-refractivity contribution in [2.75, 3.05) is 38.9 Å². The van der Waals surface area contributed by atoms with E-state index in [0.29, 0.717) is 77.1 Å². The average Bonchev–Trinajstić information content (AvgIpc) is 3.80. The van der Waals surface area contributed by atoms with Gasteiger partial charge < -0.3 is 34.1 Å². The Morgan fingerprint density at radius 2 is 1.27 bits per heavy atom. The lowest BCUT2D eigenvalue weighted by atomic mass is 10.1. The van der Waals surface area contributed by atoms with Crippen molar-refractivity contribution in [2.24, 2.45) is 9.98 Å². The smallest absolute Gasteiger partial charge is 0.257 e. The zero-order chi connectivity index (χ0) is 41.8. The molecule has 0 aliphatic carbocycles. The monoisotopic (exact) mass is 837 g/mol. The lowest BCUT2D eigenvalue weighted by Crippen LogP contribution is -2.35. The second-order valence-electron chi connectivity index (χ2n) is 15.6. The van der Waals surface area contributed by atoms with Gasteiger partial charge in [0.15, 0.2) is 23.0 Å². The molecule has 4 aliphatic heterocycles. The van der Waals surface area contributed by atoms with E-state index < -0.39 is 0 Å². The Morgan fingerprint density at radius 1 is 0.780 bits per heavy atom. The Kier molecular flexibility index (Phi) is 12.8. The summed E-state index contributed by atoms with van der Waals surface area (Å²) in [4.78, 5) is 53.7. The molecule has 2 atom stereocenters. The number of amides is 3. The third-order valence-electron chi connectivity index (χ3n) is 11.0. The Balaban J connectivity index is 1.13. The number of ether oxygens (including phenoxy) is 4. The van der Waals surface area contributed by atoms with Crippen molar-refractivity contribution in [3.8, 4) is 23.0 Å². The second-order valence-corrected chi connectivity index (χ2v) is 18.7. The van der Waals surface area contributed by atoms with Gasteiger partial charge in [-0.1, -0.05) is 44.9 Å². The summed E-state index contributed by atoms with van der Waals surface area (Å²) < 4.78 is 24.1. The lowest BCUT2D eigenvalue weighted by molar-refractivity contribution is -0.116. The third kappa shape index (κ3) is 9.33. The number of carbonyl (C=O) groups is 3. The van der Waals surface area contributed by atoms with E-state index in [1.54, 1.807) is 60.1 Å². The number of benzene rings is 3. The van der Waals surface area contributed by atoms with Crippen molar-refractivity contribution in [1.29, 1.82) is 0 Å². The van der Waals surface area contributed by atoms with Crippen LogP contribution in [0.4, 0.5) is 17.1 Å². The van der Waals surface area contributed by atoms with Crippen molar-refractivity contribution in [3.63, 3.8) is 0 Å². The van der Waals surface area contributed by atoms with Gasteiger partial charge in [0, 0.05) is 54.5 Å². The van der Waals surface area contributed by atoms with E-state index in [-0.39, 0.29) is 47.8 Å². The zero-order valence-corrected chi connectivity index (χ0v) is 36.3. The van der Waals surface area contributed by atoms with Gasteiger partial charge in [-0.2, -0.15) is 0 Å². The SMILES string of the molecule is C/C=C1\C[C@H]2C=Nc3cc(OCc4cc(COc5cc6c(cc5OC)C(=O)N5C/C(=C/C)C[C@H]5C=N6)cc(NC(=O)CCC(C)(C)SSC)c4)c(OC)cc3C(=O)N2C1. The van der Waals surface area contributed by atoms with Crippen LogP contribution in [0.3, 0.4) is 0 Å². The molecule has 0 radical (unpaired) electrons. The van der Waals surface area contributed by atoms with Crippen molar-refractivity contribution in [2.45, 2.75) is 83.4 Å². The fourth-order valence-electron chi connectivity index (χ4n) is 7.76. The number of anilines is 1. The largest absolute Gasteiger partial charge is 0.493 e. The molecule has 0 saturated carbocycles. The second kappa shape index (κ2) is 18.0. The van der Waals surface area contributed by atoms with Gasteiger partial charge in [0.2, 0.25) is 5.91 Å². The van der Waals surface area contributed by atoms with Crippen LogP contribution >= 0.6 is 21.6 Å². The van der Waals surface area contributed by atoms with Gasteiger partial charge in [0.25, 0.3) is 11.8 Å². The van der Waals surface area contributed by atoms with Gasteiger partial charge in [-0.25, -0.2) is 0 Å². The molecule has 0 unspecified atom stereocenters. The molecule has 3 amide bonds. The number of hydrogen-bond acceptors (Lipinski definition) is 11. The highest BCUT2D eigenvalue weighted by atomic mass is 33.1. The molecule has 0 spiro atoms. The van der Waals surface area contributed by atoms with Gasteiger partial charge in [-0.3, -0.25) is 24.4 Å². The minimum Gasteiger partial charge on any atom is -0.493 e. The Morgan fingerprint density at radius 3 is 1.71 bits per heavy atom. The molecule has 59 heavy (non-hydrogen) atoms. The minimum absolute atomic E-state index is 0.0635. The number of allylic oxidation sites excluding steroid dienone is 2. The molecule has 14 heteroatoms. The molecule has 4 aliphatic rings. The molecule has 3 aromatic rings. The Bertz CT molecular complexity index is 2130. The van der Waals surface area contributed by atoms with Crippen LogP contribution < -0.4 is 24.3 Å². The maximum atomic E-state index is 13.6. The molecule has 0 bridgehead atoms. The molecule has 2 fully saturated rings. The normalized spacial score (nSPS) is 19.6. The predicted molar refractivity (Wildman–Crippen MR) is 237 cm³/mol. The first-order valence-corrected chi connectivity index (χ1v) is 22.3. The highest BCUT2D eigenvalue weighted by Gasteiger charge is 2.36. The van der Waals surface area contributed by atoms with Crippen LogP contribution in [0.1, 0.15) is 85.2 Å². The van der Waals surface area contributed by atoms with Crippen LogP contribution in [0.5, 0.6) is 23.0 Å². The van der Waals surface area contributed by atoms with Gasteiger partial charge in [0.1, 0.15) is 13.2 Å². The fourth-order valence-corrected chi connectivity index (χ4v) is 10.00. The summed E-state index contributed by atoms with van der Waals surface area (Å²) in [6.45, 7) is 9.63. The molecule has 0 aromatic heterocycles. The Hall–Kier alpha value is -5.21. The van der Waals surface area contributed by atoms with Crippen LogP contribution in [0.25, 0.3) is 0 Å². The number of aliphatic imine (C=N–C) groups is 2. The first-order chi connectivity index (χ1) is 28.4. The molecule has 310 valence electrons. The summed E-state index contributed by atoms with van der Waals surface area (Å²) in [5.41, 5.74) is 6.49. The molecule has 3 aromatic carbocycles. The number of nitrogens with one attached hydrogen (secondary N) is 1. The maximum Gasteiger partial charge on any atom is 0.257 e. The first kappa shape index (κ1) is 41.9. The number of hydrogen-bond donors (Lipinski definition) is 1. The summed E-state index contributed by atoms with van der Waals surface area (Å²) >= 11 is 0. The van der Waals surface area contributed by atoms with Crippen molar-refractivity contribution in [3.05, 3.63) is 88.0 Å². The van der Waals surface area contributed by atoms with E-state index >= 15 is 0 Å². The van der Waals surface area contributed by atoms with Crippen LogP contribution in [0.15, 0.2) is 75.7 Å². The van der Waals surface area contributed by atoms with E-state index in [9.17, 15) is 14.4 Å². The topological polar surface area (TPSA) is 131 Å². The fraction of sp³-hybridized carbons (Fsp3) is 0.400. The number of nitrogens with zero attached hydrogens (tertiary/aromatic N) is 4. The predicted octanol–water partition coefficient (Wildman–Crippen LogP) is 9.12. The van der Waals surface area contributed by atoms with Crippen LogP contribution in [-0.4, -0.2) is 90.3 Å². The molecule has 4 heterocycles. The molecule has 2 saturated heterocycles. The summed E-state index contributed by atoms with van der Waals surface area (Å²) in [7, 11) is 6.53. The van der Waals surface area contributed by atoms with Gasteiger partial charge >= 0.3 is 0 Å². The zero-order valence-electron chi connectivity index (χ0n) is 34.6. The van der Waals surface area contributed by atoms with Crippen LogP contribution in [0, 0.1) is 0 Å². The number of rotatable bonds is 14. The molecular formula is C45H51N5O7S2. The summed E-state index contributed by atoms with van der Waals surface area (Å²) in [5, 5.41) is 3.09. The summed E-state index contributed by atoms with van der Waals surface area (Å²) in [6, 6.07) is 12.4. The van der Waals surface area contributed by atoms with Crippen LogP contribution in [-0.2, 0) is 18.0 Å². The summed E-state index contributed by atoms with van der Waals surface area (Å²) in [5.74, 6) is 1.39. The first-order valence-electron chi connectivity index (χ1n) is 19.7. The van der Waals surface area contributed by atoms with Gasteiger partial charge in [-0.05, 0) is 94.7 Å². The molecule has 7 rings (SSSR count). The lowest BCUT2D eigenvalue weighted by Gasteiger charge is -2.22. The summed E-state index contributed by atoms with van der Waals surface area (Å²) in [6.07, 6.45) is 12.4. The molecule has 12 nitrogen and oxygen atoms in total. The minimum atomic E-state index is -0.101. The van der Waals surface area contributed by atoms with E-state index in [4.69, 9.17) is 28.9 Å². The van der Waals surface area contributed by atoms with E-state index in [1.165, 1.54) is 11.1 Å². The Labute approximate surface area is 353 Å². The third-order valence-corrected chi connectivity index (χ3v) is 13.7. The van der Waals surface area contributed by atoms with E-state index in [2.05, 4.69) is 31.3 Å². The number of fused-ring (bicyclic) bond motifs is 4. The maximum absolute atomic E-state index is 13.6. The molecule has 1 N–H and O–H groups in total. The van der Waals surface area contributed by atoms with Crippen molar-refractivity contribution >= 4 is 68.8 Å². The number of carbonyl (C=O) groups excluding carboxylic acids is 3. The average molecular weight is 838 g/mol. The highest BCUT2D eigenvalue weighted by Crippen LogP contribution is 2.41. The van der Waals surface area contributed by atoms with Crippen LogP contribution in [0.2, 0.25) is 0 Å².